The Morgan fingerprint density at radius 1 is 1.07 bits per heavy atom. The Balaban J connectivity index is 2.67. The lowest BCUT2D eigenvalue weighted by atomic mass is 9.93. The van der Waals surface area contributed by atoms with E-state index in [1.54, 1.807) is 6.92 Å². The van der Waals surface area contributed by atoms with Crippen LogP contribution in [0.5, 0.6) is 0 Å². The van der Waals surface area contributed by atoms with Crippen molar-refractivity contribution in [2.24, 2.45) is 0 Å². The maximum atomic E-state index is 11.1. The van der Waals surface area contributed by atoms with Gasteiger partial charge in [-0.05, 0) is 23.8 Å². The first-order chi connectivity index (χ1) is 6.66. The molecule has 0 fully saturated rings. The molecule has 2 radical (unpaired) electrons. The van der Waals surface area contributed by atoms with Crippen molar-refractivity contribution in [1.29, 1.82) is 0 Å². The van der Waals surface area contributed by atoms with Gasteiger partial charge in [0.2, 0.25) is 0 Å². The Morgan fingerprint density at radius 2 is 1.71 bits per heavy atom. The molecule has 0 aliphatic carbocycles. The Morgan fingerprint density at radius 3 is 2.43 bits per heavy atom. The van der Waals surface area contributed by atoms with Crippen molar-refractivity contribution in [1.82, 2.24) is 0 Å². The van der Waals surface area contributed by atoms with E-state index in [1.165, 1.54) is 0 Å². The average Bonchev–Trinajstić information content (AvgIpc) is 2.16. The SMILES string of the molecule is [B]c1ccc2cc(C(C)=O)ccc2c1. The number of hydrogen-bond acceptors (Lipinski definition) is 1. The molecule has 66 valence electrons. The van der Waals surface area contributed by atoms with Gasteiger partial charge in [-0.2, -0.15) is 0 Å². The first kappa shape index (κ1) is 9.01. The van der Waals surface area contributed by atoms with E-state index in [9.17, 15) is 4.79 Å². The fourth-order valence-electron chi connectivity index (χ4n) is 1.48. The molecule has 14 heavy (non-hydrogen) atoms. The van der Waals surface area contributed by atoms with Crippen LogP contribution >= 0.6 is 0 Å². The molecule has 0 aromatic heterocycles. The molecule has 2 rings (SSSR count). The van der Waals surface area contributed by atoms with Crippen LogP contribution in [0.2, 0.25) is 0 Å². The van der Waals surface area contributed by atoms with Crippen LogP contribution in [0.4, 0.5) is 0 Å². The lowest BCUT2D eigenvalue weighted by molar-refractivity contribution is 0.101. The predicted molar refractivity (Wildman–Crippen MR) is 59.3 cm³/mol. The molecule has 0 spiro atoms. The lowest BCUT2D eigenvalue weighted by Crippen LogP contribution is -2.00. The molecule has 0 N–H and O–H groups in total. The van der Waals surface area contributed by atoms with Gasteiger partial charge in [-0.25, -0.2) is 0 Å². The molecule has 0 atom stereocenters. The van der Waals surface area contributed by atoms with E-state index in [1.807, 2.05) is 36.4 Å². The van der Waals surface area contributed by atoms with Crippen molar-refractivity contribution in [3.63, 3.8) is 0 Å². The molecule has 0 saturated carbocycles. The maximum Gasteiger partial charge on any atom is 0.159 e. The second kappa shape index (κ2) is 3.30. The molecular formula is C12H9BO. The van der Waals surface area contributed by atoms with Crippen LogP contribution in [0.1, 0.15) is 17.3 Å². The third kappa shape index (κ3) is 1.56. The smallest absolute Gasteiger partial charge is 0.159 e. The van der Waals surface area contributed by atoms with Gasteiger partial charge in [-0.1, -0.05) is 35.8 Å². The minimum atomic E-state index is 0.0868. The van der Waals surface area contributed by atoms with Gasteiger partial charge in [-0.15, -0.1) is 0 Å². The van der Waals surface area contributed by atoms with Crippen molar-refractivity contribution in [3.05, 3.63) is 42.0 Å². The van der Waals surface area contributed by atoms with Crippen molar-refractivity contribution in [3.8, 4) is 0 Å². The van der Waals surface area contributed by atoms with Crippen molar-refractivity contribution in [2.45, 2.75) is 6.92 Å². The number of benzene rings is 2. The molecule has 0 aliphatic heterocycles. The van der Waals surface area contributed by atoms with Crippen molar-refractivity contribution < 1.29 is 4.79 Å². The molecule has 2 aromatic carbocycles. The summed E-state index contributed by atoms with van der Waals surface area (Å²) in [6, 6.07) is 11.3. The van der Waals surface area contributed by atoms with Gasteiger partial charge in [-0.3, -0.25) is 4.79 Å². The van der Waals surface area contributed by atoms with Crippen LogP contribution in [0, 0.1) is 0 Å². The fourth-order valence-corrected chi connectivity index (χ4v) is 1.48. The van der Waals surface area contributed by atoms with Gasteiger partial charge >= 0.3 is 0 Å². The Hall–Kier alpha value is -1.57. The van der Waals surface area contributed by atoms with Crippen molar-refractivity contribution in [2.75, 3.05) is 0 Å². The van der Waals surface area contributed by atoms with Crippen molar-refractivity contribution >= 4 is 29.9 Å². The van der Waals surface area contributed by atoms with Crippen LogP contribution < -0.4 is 5.46 Å². The minimum absolute atomic E-state index is 0.0868. The number of fused-ring (bicyclic) bond motifs is 1. The number of ketones is 1. The van der Waals surface area contributed by atoms with E-state index in [-0.39, 0.29) is 5.78 Å². The zero-order valence-electron chi connectivity index (χ0n) is 7.95. The third-order valence-corrected chi connectivity index (χ3v) is 2.27. The van der Waals surface area contributed by atoms with E-state index >= 15 is 0 Å². The summed E-state index contributed by atoms with van der Waals surface area (Å²) in [4.78, 5) is 11.1. The number of carbonyl (C=O) groups excluding carboxylic acids is 1. The number of carbonyl (C=O) groups is 1. The Labute approximate surface area is 84.2 Å². The molecule has 1 nitrogen and oxygen atoms in total. The van der Waals surface area contributed by atoms with Gasteiger partial charge in [0.05, 0.1) is 0 Å². The molecule has 0 aliphatic rings. The summed E-state index contributed by atoms with van der Waals surface area (Å²) in [5.41, 5.74) is 1.48. The summed E-state index contributed by atoms with van der Waals surface area (Å²) >= 11 is 0. The van der Waals surface area contributed by atoms with Crippen LogP contribution in [-0.2, 0) is 0 Å². The molecule has 0 heterocycles. The van der Waals surface area contributed by atoms with E-state index in [4.69, 9.17) is 7.85 Å². The monoisotopic (exact) mass is 180 g/mol. The van der Waals surface area contributed by atoms with Gasteiger partial charge in [0.1, 0.15) is 7.85 Å². The number of Topliss-reactive ketones (excluding diaryl/α,β-unsaturated/α-hetero) is 1. The normalized spacial score (nSPS) is 10.4. The summed E-state index contributed by atoms with van der Waals surface area (Å²) in [6.07, 6.45) is 0. The molecule has 0 saturated heterocycles. The highest BCUT2D eigenvalue weighted by molar-refractivity contribution is 6.33. The van der Waals surface area contributed by atoms with E-state index in [0.29, 0.717) is 0 Å². The second-order valence-corrected chi connectivity index (χ2v) is 3.38. The van der Waals surface area contributed by atoms with Crippen LogP contribution in [0.3, 0.4) is 0 Å². The summed E-state index contributed by atoms with van der Waals surface area (Å²) in [5, 5.41) is 2.11. The Bertz CT molecular complexity index is 503. The van der Waals surface area contributed by atoms with Gasteiger partial charge in [0.15, 0.2) is 5.78 Å². The molecule has 0 amide bonds. The lowest BCUT2D eigenvalue weighted by Gasteiger charge is -2.01. The molecule has 0 unspecified atom stereocenters. The van der Waals surface area contributed by atoms with Crippen LogP contribution in [-0.4, -0.2) is 13.6 Å². The third-order valence-electron chi connectivity index (χ3n) is 2.27. The standard InChI is InChI=1S/C12H9BO/c1-8(14)9-2-3-11-7-12(13)5-4-10(11)6-9/h2-7H,1H3. The van der Waals surface area contributed by atoms with E-state index in [2.05, 4.69) is 0 Å². The second-order valence-electron chi connectivity index (χ2n) is 3.38. The minimum Gasteiger partial charge on any atom is -0.295 e. The van der Waals surface area contributed by atoms with Crippen LogP contribution in [0.15, 0.2) is 36.4 Å². The summed E-state index contributed by atoms with van der Waals surface area (Å²) < 4.78 is 0. The molecule has 2 heteroatoms. The van der Waals surface area contributed by atoms with Gasteiger partial charge in [0, 0.05) is 5.56 Å². The van der Waals surface area contributed by atoms with Crippen LogP contribution in [0.25, 0.3) is 10.8 Å². The van der Waals surface area contributed by atoms with Gasteiger partial charge < -0.3 is 0 Å². The van der Waals surface area contributed by atoms with E-state index in [0.717, 1.165) is 21.8 Å². The largest absolute Gasteiger partial charge is 0.295 e. The first-order valence-electron chi connectivity index (χ1n) is 4.47. The topological polar surface area (TPSA) is 17.1 Å². The zero-order valence-corrected chi connectivity index (χ0v) is 7.95. The Kier molecular flexibility index (Phi) is 2.12. The molecule has 2 aromatic rings. The highest BCUT2D eigenvalue weighted by Crippen LogP contribution is 2.14. The number of rotatable bonds is 1. The zero-order chi connectivity index (χ0) is 10.1. The average molecular weight is 180 g/mol. The maximum absolute atomic E-state index is 11.1. The predicted octanol–water partition coefficient (Wildman–Crippen LogP) is 1.84. The first-order valence-corrected chi connectivity index (χ1v) is 4.47. The highest BCUT2D eigenvalue weighted by Gasteiger charge is 2.00. The highest BCUT2D eigenvalue weighted by atomic mass is 16.1. The molecular weight excluding hydrogens is 171 g/mol. The van der Waals surface area contributed by atoms with E-state index < -0.39 is 0 Å². The summed E-state index contributed by atoms with van der Waals surface area (Å²) in [5.74, 6) is 0.0868. The fraction of sp³-hybridized carbons (Fsp3) is 0.0833. The summed E-state index contributed by atoms with van der Waals surface area (Å²) in [6.45, 7) is 1.57. The molecule has 0 bridgehead atoms. The van der Waals surface area contributed by atoms with Gasteiger partial charge in [0.25, 0.3) is 0 Å². The number of hydrogen-bond donors (Lipinski definition) is 0. The summed E-state index contributed by atoms with van der Waals surface area (Å²) in [7, 11) is 5.65. The quantitative estimate of drug-likeness (QED) is 0.483.